The summed E-state index contributed by atoms with van der Waals surface area (Å²) >= 11 is 0. The van der Waals surface area contributed by atoms with Crippen molar-refractivity contribution in [3.8, 4) is 0 Å². The Balaban J connectivity index is 2.32. The van der Waals surface area contributed by atoms with Gasteiger partial charge in [-0.15, -0.1) is 0 Å². The smallest absolute Gasteiger partial charge is 0.293 e. The number of nitrogens with zero attached hydrogens (tertiary/aromatic N) is 2. The van der Waals surface area contributed by atoms with Crippen LogP contribution in [0.3, 0.4) is 0 Å². The van der Waals surface area contributed by atoms with Crippen molar-refractivity contribution < 1.29 is 4.42 Å². The Morgan fingerprint density at radius 3 is 2.52 bits per heavy atom. The lowest BCUT2D eigenvalue weighted by atomic mass is 10.1. The molecule has 0 bridgehead atoms. The molecule has 2 rings (SSSR count). The summed E-state index contributed by atoms with van der Waals surface area (Å²) in [4.78, 5) is 16.7. The molecule has 0 saturated heterocycles. The Kier molecular flexibility index (Phi) is 3.94. The molecule has 2 aromatic heterocycles. The van der Waals surface area contributed by atoms with Gasteiger partial charge in [0.1, 0.15) is 11.5 Å². The minimum atomic E-state index is -0.276. The zero-order chi connectivity index (χ0) is 15.8. The summed E-state index contributed by atoms with van der Waals surface area (Å²) in [5, 5.41) is 3.19. The topological polar surface area (TPSA) is 60.1 Å². The molecule has 1 N–H and O–H groups in total. The van der Waals surface area contributed by atoms with Crippen molar-refractivity contribution in [2.24, 2.45) is 0 Å². The van der Waals surface area contributed by atoms with Crippen LogP contribution in [0.4, 0.5) is 5.82 Å². The monoisotopic (exact) mass is 289 g/mol. The maximum absolute atomic E-state index is 12.5. The second-order valence-corrected chi connectivity index (χ2v) is 6.36. The van der Waals surface area contributed by atoms with Gasteiger partial charge in [0.15, 0.2) is 5.82 Å². The van der Waals surface area contributed by atoms with Crippen LogP contribution in [-0.2, 0) is 5.54 Å². The van der Waals surface area contributed by atoms with Gasteiger partial charge < -0.3 is 14.3 Å². The highest BCUT2D eigenvalue weighted by molar-refractivity contribution is 5.37. The van der Waals surface area contributed by atoms with Gasteiger partial charge in [-0.05, 0) is 47.6 Å². The number of anilines is 1. The number of hydrogen-bond donors (Lipinski definition) is 1. The van der Waals surface area contributed by atoms with Gasteiger partial charge in [-0.1, -0.05) is 0 Å². The highest BCUT2D eigenvalue weighted by atomic mass is 16.3. The van der Waals surface area contributed by atoms with Gasteiger partial charge in [0, 0.05) is 23.5 Å². The molecule has 1 atom stereocenters. The Bertz CT molecular complexity index is 692. The zero-order valence-corrected chi connectivity index (χ0v) is 13.5. The third kappa shape index (κ3) is 3.17. The van der Waals surface area contributed by atoms with E-state index in [1.165, 1.54) is 0 Å². The Morgan fingerprint density at radius 2 is 2.00 bits per heavy atom. The molecular formula is C16H23N3O2. The highest BCUT2D eigenvalue weighted by Crippen LogP contribution is 2.23. The lowest BCUT2D eigenvalue weighted by Gasteiger charge is -2.23. The van der Waals surface area contributed by atoms with Crippen LogP contribution in [0.2, 0.25) is 0 Å². The van der Waals surface area contributed by atoms with Gasteiger partial charge in [0.25, 0.3) is 5.56 Å². The van der Waals surface area contributed by atoms with Crippen molar-refractivity contribution >= 4 is 5.82 Å². The number of aryl methyl sites for hydroxylation is 2. The van der Waals surface area contributed by atoms with E-state index in [1.54, 1.807) is 17.0 Å². The largest absolute Gasteiger partial charge is 0.466 e. The van der Waals surface area contributed by atoms with Crippen LogP contribution in [-0.4, -0.2) is 9.55 Å². The van der Waals surface area contributed by atoms with E-state index in [-0.39, 0.29) is 17.1 Å². The standard InChI is InChI=1S/C16H23N3O2/c1-10-9-13(12(3)21-10)11(2)18-14-15(20)19(8-7-17-14)16(4,5)6/h7-9,11H,1-6H3,(H,17,18). The van der Waals surface area contributed by atoms with E-state index in [4.69, 9.17) is 4.42 Å². The molecule has 0 saturated carbocycles. The van der Waals surface area contributed by atoms with Crippen molar-refractivity contribution in [2.75, 3.05) is 5.32 Å². The van der Waals surface area contributed by atoms with Gasteiger partial charge in [0.2, 0.25) is 0 Å². The first-order valence-electron chi connectivity index (χ1n) is 7.11. The number of furan rings is 1. The summed E-state index contributed by atoms with van der Waals surface area (Å²) < 4.78 is 7.22. The summed E-state index contributed by atoms with van der Waals surface area (Å²) in [5.41, 5.74) is 0.650. The van der Waals surface area contributed by atoms with E-state index in [9.17, 15) is 4.79 Å². The quantitative estimate of drug-likeness (QED) is 0.941. The van der Waals surface area contributed by atoms with Crippen molar-refractivity contribution in [1.82, 2.24) is 9.55 Å². The fourth-order valence-electron chi connectivity index (χ4n) is 2.40. The number of nitrogens with one attached hydrogen (secondary N) is 1. The normalized spacial score (nSPS) is 13.2. The molecule has 1 unspecified atom stereocenters. The van der Waals surface area contributed by atoms with Gasteiger partial charge in [-0.25, -0.2) is 4.98 Å². The Morgan fingerprint density at radius 1 is 1.33 bits per heavy atom. The Labute approximate surface area is 125 Å². The number of hydrogen-bond acceptors (Lipinski definition) is 4. The van der Waals surface area contributed by atoms with Crippen LogP contribution in [0, 0.1) is 13.8 Å². The van der Waals surface area contributed by atoms with Crippen LogP contribution in [0.15, 0.2) is 27.7 Å². The molecule has 2 heterocycles. The first-order chi connectivity index (χ1) is 9.70. The summed E-state index contributed by atoms with van der Waals surface area (Å²) in [5.74, 6) is 2.09. The van der Waals surface area contributed by atoms with Crippen LogP contribution >= 0.6 is 0 Å². The second-order valence-electron chi connectivity index (χ2n) is 6.36. The summed E-state index contributed by atoms with van der Waals surface area (Å²) in [6.45, 7) is 11.8. The van der Waals surface area contributed by atoms with E-state index >= 15 is 0 Å². The lowest BCUT2D eigenvalue weighted by Crippen LogP contribution is -2.35. The highest BCUT2D eigenvalue weighted by Gasteiger charge is 2.19. The Hall–Kier alpha value is -2.04. The third-order valence-electron chi connectivity index (χ3n) is 3.46. The van der Waals surface area contributed by atoms with Gasteiger partial charge in [-0.3, -0.25) is 4.79 Å². The molecule has 0 aliphatic rings. The van der Waals surface area contributed by atoms with Gasteiger partial charge in [-0.2, -0.15) is 0 Å². The molecule has 2 aromatic rings. The van der Waals surface area contributed by atoms with E-state index < -0.39 is 0 Å². The third-order valence-corrected chi connectivity index (χ3v) is 3.46. The molecule has 114 valence electrons. The van der Waals surface area contributed by atoms with E-state index in [1.807, 2.05) is 47.6 Å². The average molecular weight is 289 g/mol. The fourth-order valence-corrected chi connectivity index (χ4v) is 2.40. The minimum absolute atomic E-state index is 0.0431. The maximum atomic E-state index is 12.5. The first-order valence-corrected chi connectivity index (χ1v) is 7.11. The second kappa shape index (κ2) is 5.39. The van der Waals surface area contributed by atoms with Crippen LogP contribution in [0.5, 0.6) is 0 Å². The van der Waals surface area contributed by atoms with Crippen LogP contribution < -0.4 is 10.9 Å². The molecule has 0 amide bonds. The molecule has 5 nitrogen and oxygen atoms in total. The first kappa shape index (κ1) is 15.4. The molecule has 0 aliphatic carbocycles. The summed E-state index contributed by atoms with van der Waals surface area (Å²) in [7, 11) is 0. The van der Waals surface area contributed by atoms with Crippen LogP contribution in [0.1, 0.15) is 50.8 Å². The van der Waals surface area contributed by atoms with E-state index in [0.717, 1.165) is 17.1 Å². The van der Waals surface area contributed by atoms with Crippen molar-refractivity contribution in [1.29, 1.82) is 0 Å². The molecule has 0 radical (unpaired) electrons. The minimum Gasteiger partial charge on any atom is -0.466 e. The molecular weight excluding hydrogens is 266 g/mol. The fraction of sp³-hybridized carbons (Fsp3) is 0.500. The zero-order valence-electron chi connectivity index (χ0n) is 13.5. The molecule has 0 aliphatic heterocycles. The van der Waals surface area contributed by atoms with Crippen molar-refractivity contribution in [3.63, 3.8) is 0 Å². The van der Waals surface area contributed by atoms with E-state index in [2.05, 4.69) is 10.3 Å². The lowest BCUT2D eigenvalue weighted by molar-refractivity contribution is 0.383. The predicted molar refractivity (Wildman–Crippen MR) is 83.7 cm³/mol. The predicted octanol–water partition coefficient (Wildman–Crippen LogP) is 3.38. The average Bonchev–Trinajstić information content (AvgIpc) is 2.69. The number of rotatable bonds is 3. The molecule has 0 spiro atoms. The molecule has 21 heavy (non-hydrogen) atoms. The molecule has 0 fully saturated rings. The van der Waals surface area contributed by atoms with Crippen LogP contribution in [0.25, 0.3) is 0 Å². The van der Waals surface area contributed by atoms with Gasteiger partial charge >= 0.3 is 0 Å². The van der Waals surface area contributed by atoms with Crippen molar-refractivity contribution in [3.05, 3.63) is 45.9 Å². The number of aromatic nitrogens is 2. The maximum Gasteiger partial charge on any atom is 0.293 e. The van der Waals surface area contributed by atoms with E-state index in [0.29, 0.717) is 5.82 Å². The van der Waals surface area contributed by atoms with Gasteiger partial charge in [0.05, 0.1) is 6.04 Å². The SMILES string of the molecule is Cc1cc(C(C)Nc2nccn(C(C)(C)C)c2=O)c(C)o1. The summed E-state index contributed by atoms with van der Waals surface area (Å²) in [6.07, 6.45) is 3.36. The van der Waals surface area contributed by atoms with Crippen molar-refractivity contribution in [2.45, 2.75) is 53.1 Å². The molecule has 5 heteroatoms. The summed E-state index contributed by atoms with van der Waals surface area (Å²) in [6, 6.07) is 1.94. The molecule has 0 aromatic carbocycles.